The number of nitrogens with one attached hydrogen (secondary N) is 2. The molecule has 1 saturated heterocycles. The summed E-state index contributed by atoms with van der Waals surface area (Å²) in [5, 5.41) is 7.09. The SMILES string of the molecule is CN1CCNCCN(C)CCN(C)CCN(C)CCNCC1. The van der Waals surface area contributed by atoms with E-state index >= 15 is 0 Å². The van der Waals surface area contributed by atoms with E-state index < -0.39 is 0 Å². The largest absolute Gasteiger partial charge is 0.314 e. The first-order valence-electron chi connectivity index (χ1n) is 8.73. The first-order chi connectivity index (χ1) is 10.6. The number of hydrogen-bond acceptors (Lipinski definition) is 6. The summed E-state index contributed by atoms with van der Waals surface area (Å²) in [6.45, 7) is 13.4. The summed E-state index contributed by atoms with van der Waals surface area (Å²) in [7, 11) is 8.87. The summed E-state index contributed by atoms with van der Waals surface area (Å²) in [5.41, 5.74) is 0. The lowest BCUT2D eigenvalue weighted by Gasteiger charge is -2.25. The van der Waals surface area contributed by atoms with Crippen LogP contribution in [0.15, 0.2) is 0 Å². The molecule has 0 saturated carbocycles. The van der Waals surface area contributed by atoms with Crippen LogP contribution in [0.3, 0.4) is 0 Å². The molecular formula is C16H38N6. The molecule has 6 heteroatoms. The van der Waals surface area contributed by atoms with Gasteiger partial charge in [0.2, 0.25) is 0 Å². The van der Waals surface area contributed by atoms with Gasteiger partial charge in [-0.15, -0.1) is 0 Å². The van der Waals surface area contributed by atoms with Crippen LogP contribution in [0, 0.1) is 0 Å². The molecule has 0 bridgehead atoms. The predicted molar refractivity (Wildman–Crippen MR) is 95.7 cm³/mol. The van der Waals surface area contributed by atoms with Crippen LogP contribution in [0.2, 0.25) is 0 Å². The smallest absolute Gasteiger partial charge is 0.0107 e. The number of hydrogen-bond donors (Lipinski definition) is 2. The van der Waals surface area contributed by atoms with Crippen LogP contribution in [0.5, 0.6) is 0 Å². The van der Waals surface area contributed by atoms with Crippen LogP contribution in [0.25, 0.3) is 0 Å². The van der Waals surface area contributed by atoms with Crippen LogP contribution in [0.1, 0.15) is 0 Å². The molecule has 0 unspecified atom stereocenters. The van der Waals surface area contributed by atoms with E-state index in [-0.39, 0.29) is 0 Å². The Morgan fingerprint density at radius 1 is 0.409 bits per heavy atom. The third-order valence-corrected chi connectivity index (χ3v) is 4.41. The normalized spacial score (nSPS) is 25.6. The van der Waals surface area contributed by atoms with Gasteiger partial charge in [0.25, 0.3) is 0 Å². The lowest BCUT2D eigenvalue weighted by atomic mass is 10.4. The molecule has 0 aromatic heterocycles. The highest BCUT2D eigenvalue weighted by molar-refractivity contribution is 4.64. The molecule has 1 heterocycles. The van der Waals surface area contributed by atoms with Crippen molar-refractivity contribution in [3.8, 4) is 0 Å². The van der Waals surface area contributed by atoms with Gasteiger partial charge in [-0.2, -0.15) is 0 Å². The molecule has 1 rings (SSSR count). The van der Waals surface area contributed by atoms with Gasteiger partial charge in [0, 0.05) is 78.5 Å². The quantitative estimate of drug-likeness (QED) is 0.592. The van der Waals surface area contributed by atoms with Crippen LogP contribution < -0.4 is 10.6 Å². The Bertz CT molecular complexity index is 239. The van der Waals surface area contributed by atoms with Gasteiger partial charge < -0.3 is 30.2 Å². The third kappa shape index (κ3) is 10.5. The molecular weight excluding hydrogens is 276 g/mol. The lowest BCUT2D eigenvalue weighted by molar-refractivity contribution is 0.224. The first-order valence-corrected chi connectivity index (χ1v) is 8.73. The van der Waals surface area contributed by atoms with E-state index in [2.05, 4.69) is 58.4 Å². The average Bonchev–Trinajstić information content (AvgIpc) is 2.49. The Kier molecular flexibility index (Phi) is 11.0. The minimum atomic E-state index is 1.08. The van der Waals surface area contributed by atoms with Crippen molar-refractivity contribution in [2.24, 2.45) is 0 Å². The van der Waals surface area contributed by atoms with Gasteiger partial charge in [-0.25, -0.2) is 0 Å². The van der Waals surface area contributed by atoms with E-state index in [4.69, 9.17) is 0 Å². The Morgan fingerprint density at radius 3 is 0.955 bits per heavy atom. The van der Waals surface area contributed by atoms with E-state index in [0.29, 0.717) is 0 Å². The minimum Gasteiger partial charge on any atom is -0.314 e. The minimum absolute atomic E-state index is 1.08. The number of nitrogens with zero attached hydrogens (tertiary/aromatic N) is 4. The van der Waals surface area contributed by atoms with E-state index in [1.807, 2.05) is 0 Å². The summed E-state index contributed by atoms with van der Waals surface area (Å²) in [6, 6.07) is 0. The molecule has 0 aromatic rings. The van der Waals surface area contributed by atoms with Gasteiger partial charge in [0.05, 0.1) is 0 Å². The standard InChI is InChI=1S/C16H38N6/c1-19-9-5-17-7-11-20(2)13-15-22(4)16-14-21(3)12-8-18-6-10-19/h17-18H,5-16H2,1-4H3. The van der Waals surface area contributed by atoms with Gasteiger partial charge >= 0.3 is 0 Å². The zero-order valence-corrected chi connectivity index (χ0v) is 15.3. The zero-order chi connectivity index (χ0) is 16.2. The Labute approximate surface area is 137 Å². The molecule has 0 aliphatic carbocycles. The molecule has 132 valence electrons. The summed E-state index contributed by atoms with van der Waals surface area (Å²) >= 11 is 0. The maximum Gasteiger partial charge on any atom is 0.0107 e. The second kappa shape index (κ2) is 12.2. The number of likely N-dealkylation sites (N-methyl/N-ethyl adjacent to an activating group) is 4. The van der Waals surface area contributed by atoms with Gasteiger partial charge in [0.1, 0.15) is 0 Å². The topological polar surface area (TPSA) is 37.0 Å². The molecule has 0 atom stereocenters. The summed E-state index contributed by atoms with van der Waals surface area (Å²) < 4.78 is 0. The van der Waals surface area contributed by atoms with E-state index in [1.165, 1.54) is 0 Å². The summed E-state index contributed by atoms with van der Waals surface area (Å²) in [5.74, 6) is 0. The first kappa shape index (κ1) is 19.8. The van der Waals surface area contributed by atoms with Crippen molar-refractivity contribution in [3.05, 3.63) is 0 Å². The van der Waals surface area contributed by atoms with Gasteiger partial charge in [-0.05, 0) is 28.2 Å². The average molecular weight is 315 g/mol. The molecule has 1 fully saturated rings. The summed E-state index contributed by atoms with van der Waals surface area (Å²) in [6.07, 6.45) is 0. The third-order valence-electron chi connectivity index (χ3n) is 4.41. The fraction of sp³-hybridized carbons (Fsp3) is 1.00. The van der Waals surface area contributed by atoms with Gasteiger partial charge in [-0.3, -0.25) is 0 Å². The van der Waals surface area contributed by atoms with Crippen molar-refractivity contribution in [2.45, 2.75) is 0 Å². The van der Waals surface area contributed by atoms with Crippen molar-refractivity contribution in [1.82, 2.24) is 30.2 Å². The molecule has 22 heavy (non-hydrogen) atoms. The van der Waals surface area contributed by atoms with E-state index in [0.717, 1.165) is 78.5 Å². The highest BCUT2D eigenvalue weighted by atomic mass is 15.2. The molecule has 0 spiro atoms. The summed E-state index contributed by atoms with van der Waals surface area (Å²) in [4.78, 5) is 9.67. The van der Waals surface area contributed by atoms with Gasteiger partial charge in [0.15, 0.2) is 0 Å². The van der Waals surface area contributed by atoms with E-state index in [9.17, 15) is 0 Å². The molecule has 1 aliphatic heterocycles. The van der Waals surface area contributed by atoms with Crippen molar-refractivity contribution in [2.75, 3.05) is 107 Å². The lowest BCUT2D eigenvalue weighted by Crippen LogP contribution is -2.41. The Balaban J connectivity index is 2.32. The maximum absolute atomic E-state index is 3.54. The Morgan fingerprint density at radius 2 is 0.636 bits per heavy atom. The Hall–Kier alpha value is -0.240. The monoisotopic (exact) mass is 314 g/mol. The highest BCUT2D eigenvalue weighted by Gasteiger charge is 2.05. The van der Waals surface area contributed by atoms with Crippen molar-refractivity contribution in [3.63, 3.8) is 0 Å². The second-order valence-corrected chi connectivity index (χ2v) is 6.71. The van der Waals surface area contributed by atoms with Gasteiger partial charge in [-0.1, -0.05) is 0 Å². The van der Waals surface area contributed by atoms with Crippen LogP contribution in [0.4, 0.5) is 0 Å². The fourth-order valence-corrected chi connectivity index (χ4v) is 2.46. The van der Waals surface area contributed by atoms with Crippen LogP contribution in [-0.4, -0.2) is 126 Å². The molecule has 0 aromatic carbocycles. The fourth-order valence-electron chi connectivity index (χ4n) is 2.46. The highest BCUT2D eigenvalue weighted by Crippen LogP contribution is 1.90. The predicted octanol–water partition coefficient (Wildman–Crippen LogP) is -1.09. The maximum atomic E-state index is 3.54. The van der Waals surface area contributed by atoms with Crippen LogP contribution in [-0.2, 0) is 0 Å². The molecule has 0 radical (unpaired) electrons. The van der Waals surface area contributed by atoms with Crippen LogP contribution >= 0.6 is 0 Å². The molecule has 0 amide bonds. The second-order valence-electron chi connectivity index (χ2n) is 6.71. The molecule has 6 nitrogen and oxygen atoms in total. The van der Waals surface area contributed by atoms with Crippen molar-refractivity contribution >= 4 is 0 Å². The number of rotatable bonds is 0. The zero-order valence-electron chi connectivity index (χ0n) is 15.3. The molecule has 1 aliphatic rings. The van der Waals surface area contributed by atoms with E-state index in [1.54, 1.807) is 0 Å². The van der Waals surface area contributed by atoms with Crippen molar-refractivity contribution in [1.29, 1.82) is 0 Å². The van der Waals surface area contributed by atoms with Crippen molar-refractivity contribution < 1.29 is 0 Å². The molecule has 2 N–H and O–H groups in total.